The second-order valence-corrected chi connectivity index (χ2v) is 5.04. The summed E-state index contributed by atoms with van der Waals surface area (Å²) in [5.41, 5.74) is 1.13. The van der Waals surface area contributed by atoms with Crippen molar-refractivity contribution in [3.63, 3.8) is 0 Å². The number of anilines is 1. The lowest BCUT2D eigenvalue weighted by Crippen LogP contribution is -2.33. The van der Waals surface area contributed by atoms with Crippen molar-refractivity contribution in [2.75, 3.05) is 5.32 Å². The third-order valence-electron chi connectivity index (χ3n) is 3.94. The average Bonchev–Trinajstić information content (AvgIpc) is 3.01. The number of hydrogen-bond acceptors (Lipinski definition) is 3. The quantitative estimate of drug-likeness (QED) is 0.827. The van der Waals surface area contributed by atoms with Gasteiger partial charge >= 0.3 is 0 Å². The van der Waals surface area contributed by atoms with Crippen molar-refractivity contribution >= 4 is 11.6 Å². The summed E-state index contributed by atoms with van der Waals surface area (Å²) in [6.07, 6.45) is 3.19. The Morgan fingerprint density at radius 1 is 1.39 bits per heavy atom. The van der Waals surface area contributed by atoms with Crippen LogP contribution in [-0.4, -0.2) is 18.0 Å². The molecule has 1 amide bonds. The zero-order valence-electron chi connectivity index (χ0n) is 10.0. The molecule has 1 aromatic rings. The number of nitrogens with zero attached hydrogens (tertiary/aromatic N) is 1. The monoisotopic (exact) mass is 241 g/mol. The SMILES string of the molecule is N#Cc1ccccc1NC(=O)C1CC2CCC1N2. The number of amides is 1. The predicted octanol–water partition coefficient (Wildman–Crippen LogP) is 1.64. The van der Waals surface area contributed by atoms with E-state index in [9.17, 15) is 4.79 Å². The van der Waals surface area contributed by atoms with Crippen LogP contribution in [0.15, 0.2) is 24.3 Å². The molecule has 2 bridgehead atoms. The highest BCUT2D eigenvalue weighted by atomic mass is 16.2. The minimum atomic E-state index is 0.0393. The molecule has 4 heteroatoms. The van der Waals surface area contributed by atoms with Gasteiger partial charge in [-0.15, -0.1) is 0 Å². The number of fused-ring (bicyclic) bond motifs is 2. The number of hydrogen-bond donors (Lipinski definition) is 2. The van der Waals surface area contributed by atoms with Crippen molar-refractivity contribution in [3.05, 3.63) is 29.8 Å². The standard InChI is InChI=1S/C14H15N3O/c15-8-9-3-1-2-4-12(9)17-14(18)11-7-10-5-6-13(11)16-10/h1-4,10-11,13,16H,5-7H2,(H,17,18). The summed E-state index contributed by atoms with van der Waals surface area (Å²) in [6, 6.07) is 10.0. The van der Waals surface area contributed by atoms with Crippen LogP contribution in [0.3, 0.4) is 0 Å². The molecule has 3 unspecified atom stereocenters. The Kier molecular flexibility index (Phi) is 2.77. The molecule has 2 saturated heterocycles. The van der Waals surface area contributed by atoms with E-state index in [0.29, 0.717) is 23.3 Å². The molecule has 18 heavy (non-hydrogen) atoms. The maximum Gasteiger partial charge on any atom is 0.229 e. The Morgan fingerprint density at radius 2 is 2.22 bits per heavy atom. The van der Waals surface area contributed by atoms with E-state index in [1.807, 2.05) is 6.07 Å². The smallest absolute Gasteiger partial charge is 0.229 e. The van der Waals surface area contributed by atoms with Gasteiger partial charge < -0.3 is 10.6 Å². The van der Waals surface area contributed by atoms with Crippen LogP contribution in [0.25, 0.3) is 0 Å². The van der Waals surface area contributed by atoms with E-state index in [-0.39, 0.29) is 11.8 Å². The number of benzene rings is 1. The van der Waals surface area contributed by atoms with Crippen molar-refractivity contribution in [2.24, 2.45) is 5.92 Å². The van der Waals surface area contributed by atoms with Gasteiger partial charge in [0.1, 0.15) is 6.07 Å². The molecule has 2 aliphatic heterocycles. The first-order valence-electron chi connectivity index (χ1n) is 6.34. The largest absolute Gasteiger partial charge is 0.325 e. The first-order chi connectivity index (χ1) is 8.78. The second-order valence-electron chi connectivity index (χ2n) is 5.04. The van der Waals surface area contributed by atoms with Gasteiger partial charge in [0.2, 0.25) is 5.91 Å². The third-order valence-corrected chi connectivity index (χ3v) is 3.94. The zero-order valence-corrected chi connectivity index (χ0v) is 10.0. The second kappa shape index (κ2) is 4.43. The van der Waals surface area contributed by atoms with Crippen molar-refractivity contribution in [2.45, 2.75) is 31.3 Å². The summed E-state index contributed by atoms with van der Waals surface area (Å²) in [5, 5.41) is 15.3. The third kappa shape index (κ3) is 1.87. The summed E-state index contributed by atoms with van der Waals surface area (Å²) in [4.78, 5) is 12.2. The Balaban J connectivity index is 1.73. The van der Waals surface area contributed by atoms with Gasteiger partial charge in [-0.25, -0.2) is 0 Å². The Labute approximate surface area is 106 Å². The van der Waals surface area contributed by atoms with Crippen LogP contribution in [-0.2, 0) is 4.79 Å². The summed E-state index contributed by atoms with van der Waals surface area (Å²) in [7, 11) is 0. The maximum absolute atomic E-state index is 12.2. The Morgan fingerprint density at radius 3 is 2.89 bits per heavy atom. The van der Waals surface area contributed by atoms with Crippen molar-refractivity contribution in [1.82, 2.24) is 5.32 Å². The topological polar surface area (TPSA) is 64.9 Å². The fraction of sp³-hybridized carbons (Fsp3) is 0.429. The zero-order chi connectivity index (χ0) is 12.5. The highest BCUT2D eigenvalue weighted by molar-refractivity contribution is 5.94. The van der Waals surface area contributed by atoms with E-state index < -0.39 is 0 Å². The normalized spacial score (nSPS) is 28.9. The summed E-state index contributed by atoms with van der Waals surface area (Å²) in [5.74, 6) is 0.0906. The molecule has 1 aromatic carbocycles. The Bertz CT molecular complexity index is 520. The molecule has 2 heterocycles. The van der Waals surface area contributed by atoms with Crippen molar-refractivity contribution in [1.29, 1.82) is 5.26 Å². The molecule has 0 aliphatic carbocycles. The molecule has 92 valence electrons. The van der Waals surface area contributed by atoms with Gasteiger partial charge in [0, 0.05) is 12.1 Å². The fourth-order valence-electron chi connectivity index (χ4n) is 3.03. The minimum Gasteiger partial charge on any atom is -0.325 e. The highest BCUT2D eigenvalue weighted by Crippen LogP contribution is 2.34. The van der Waals surface area contributed by atoms with Crippen LogP contribution in [0.1, 0.15) is 24.8 Å². The van der Waals surface area contributed by atoms with Gasteiger partial charge in [-0.05, 0) is 31.4 Å². The molecule has 2 fully saturated rings. The molecule has 2 aliphatic rings. The van der Waals surface area contributed by atoms with Gasteiger partial charge in [-0.2, -0.15) is 5.26 Å². The molecule has 0 radical (unpaired) electrons. The van der Waals surface area contributed by atoms with E-state index in [0.717, 1.165) is 12.8 Å². The van der Waals surface area contributed by atoms with Crippen LogP contribution in [0, 0.1) is 17.2 Å². The summed E-state index contributed by atoms with van der Waals surface area (Å²) in [6.45, 7) is 0. The molecule has 0 aromatic heterocycles. The fourth-order valence-corrected chi connectivity index (χ4v) is 3.03. The average molecular weight is 241 g/mol. The van der Waals surface area contributed by atoms with Gasteiger partial charge in [-0.3, -0.25) is 4.79 Å². The van der Waals surface area contributed by atoms with Crippen LogP contribution in [0.2, 0.25) is 0 Å². The first kappa shape index (κ1) is 11.2. The van der Waals surface area contributed by atoms with Crippen LogP contribution in [0.5, 0.6) is 0 Å². The maximum atomic E-state index is 12.2. The van der Waals surface area contributed by atoms with Crippen molar-refractivity contribution < 1.29 is 4.79 Å². The number of carbonyl (C=O) groups excluding carboxylic acids is 1. The van der Waals surface area contributed by atoms with Crippen LogP contribution >= 0.6 is 0 Å². The predicted molar refractivity (Wildman–Crippen MR) is 67.8 cm³/mol. The van der Waals surface area contributed by atoms with E-state index in [2.05, 4.69) is 16.7 Å². The van der Waals surface area contributed by atoms with E-state index in [1.54, 1.807) is 18.2 Å². The van der Waals surface area contributed by atoms with Gasteiger partial charge in [0.05, 0.1) is 17.2 Å². The minimum absolute atomic E-state index is 0.0393. The molecule has 4 nitrogen and oxygen atoms in total. The van der Waals surface area contributed by atoms with Crippen molar-refractivity contribution in [3.8, 4) is 6.07 Å². The lowest BCUT2D eigenvalue weighted by Gasteiger charge is -2.19. The van der Waals surface area contributed by atoms with Gasteiger partial charge in [0.25, 0.3) is 0 Å². The number of nitriles is 1. The summed E-state index contributed by atoms with van der Waals surface area (Å²) >= 11 is 0. The highest BCUT2D eigenvalue weighted by Gasteiger charge is 2.42. The number of carbonyl (C=O) groups is 1. The van der Waals surface area contributed by atoms with Crippen LogP contribution in [0.4, 0.5) is 5.69 Å². The Hall–Kier alpha value is -1.86. The van der Waals surface area contributed by atoms with Gasteiger partial charge in [-0.1, -0.05) is 12.1 Å². The number of rotatable bonds is 2. The molecular weight excluding hydrogens is 226 g/mol. The van der Waals surface area contributed by atoms with Gasteiger partial charge in [0.15, 0.2) is 0 Å². The first-order valence-corrected chi connectivity index (χ1v) is 6.34. The molecular formula is C14H15N3O. The molecule has 3 rings (SSSR count). The summed E-state index contributed by atoms with van der Waals surface area (Å²) < 4.78 is 0. The molecule has 2 N–H and O–H groups in total. The molecule has 0 spiro atoms. The lowest BCUT2D eigenvalue weighted by atomic mass is 9.88. The molecule has 3 atom stereocenters. The molecule has 0 saturated carbocycles. The number of nitrogens with one attached hydrogen (secondary N) is 2. The lowest BCUT2D eigenvalue weighted by molar-refractivity contribution is -0.120. The van der Waals surface area contributed by atoms with E-state index in [4.69, 9.17) is 5.26 Å². The van der Waals surface area contributed by atoms with E-state index in [1.165, 1.54) is 6.42 Å². The van der Waals surface area contributed by atoms with Crippen LogP contribution < -0.4 is 10.6 Å². The number of para-hydroxylation sites is 1. The van der Waals surface area contributed by atoms with E-state index >= 15 is 0 Å².